The van der Waals surface area contributed by atoms with Crippen molar-refractivity contribution in [3.8, 4) is 0 Å². The van der Waals surface area contributed by atoms with Gasteiger partial charge in [0.15, 0.2) is 0 Å². The fraction of sp³-hybridized carbons (Fsp3) is 0. The minimum absolute atomic E-state index is 0. The molecule has 0 unspecified atom stereocenters. The molecule has 39 valence electrons. The molecule has 0 heterocycles. The Hall–Kier alpha value is 2.51. The molecule has 0 aromatic rings. The van der Waals surface area contributed by atoms with Crippen LogP contribution in [0.15, 0.2) is 0 Å². The van der Waals surface area contributed by atoms with E-state index in [1.807, 2.05) is 0 Å². The molecule has 0 amide bonds. The molecule has 0 aromatic carbocycles. The van der Waals surface area contributed by atoms with E-state index in [9.17, 15) is 0 Å². The first-order chi connectivity index (χ1) is 2.00. The molecule has 0 bridgehead atoms. The summed E-state index contributed by atoms with van der Waals surface area (Å²) in [5.41, 5.74) is 0. The standard InChI is InChI=1S/Cs.H2O4S.V.H/c;1-5(2,3)4;;/h;(H2,1,2,3,4);;. The molecule has 0 aliphatic heterocycles. The predicted octanol–water partition coefficient (Wildman–Crippen LogP) is -1.30. The molecular formula is H3CsO4SV. The van der Waals surface area contributed by atoms with E-state index in [0.29, 0.717) is 0 Å². The van der Waals surface area contributed by atoms with E-state index in [2.05, 4.69) is 0 Å². The van der Waals surface area contributed by atoms with Crippen LogP contribution in [0.25, 0.3) is 0 Å². The van der Waals surface area contributed by atoms with Crippen molar-refractivity contribution in [3.63, 3.8) is 0 Å². The van der Waals surface area contributed by atoms with Gasteiger partial charge < -0.3 is 0 Å². The Labute approximate surface area is 112 Å². The molecule has 7 heavy (non-hydrogen) atoms. The number of hydrogen-bond donors (Lipinski definition) is 2. The predicted molar refractivity (Wildman–Crippen MR) is 21.3 cm³/mol. The summed E-state index contributed by atoms with van der Waals surface area (Å²) in [4.78, 5) is 0. The minimum Gasteiger partial charge on any atom is 0 e. The molecule has 2 N–H and O–H groups in total. The van der Waals surface area contributed by atoms with Crippen LogP contribution in [0.3, 0.4) is 0 Å². The summed E-state index contributed by atoms with van der Waals surface area (Å²) in [6.45, 7) is 0. The Morgan fingerprint density at radius 1 is 1.14 bits per heavy atom. The summed E-state index contributed by atoms with van der Waals surface area (Å²) in [5.74, 6) is 0. The average molecular weight is 283 g/mol. The second kappa shape index (κ2) is 6.62. The fourth-order valence-electron chi connectivity index (χ4n) is 0. The maximum atomic E-state index is 8.74. The topological polar surface area (TPSA) is 74.6 Å². The van der Waals surface area contributed by atoms with Crippen LogP contribution >= 0.6 is 0 Å². The Kier molecular flexibility index (Phi) is 15.4. The first kappa shape index (κ1) is 16.2. The van der Waals surface area contributed by atoms with Gasteiger partial charge in [-0.05, 0) is 0 Å². The largest absolute Gasteiger partial charge is 0 e. The van der Waals surface area contributed by atoms with Crippen LogP contribution in [0.2, 0.25) is 0 Å². The zero-order chi connectivity index (χ0) is 4.50. The Balaban J connectivity index is -0.0000000800. The molecule has 0 atom stereocenters. The molecule has 0 saturated heterocycles. The number of hydrogen-bond acceptors (Lipinski definition) is 2. The quantitative estimate of drug-likeness (QED) is 0.542. The van der Waals surface area contributed by atoms with Gasteiger partial charge in [-0.2, -0.15) is 8.42 Å². The van der Waals surface area contributed by atoms with Gasteiger partial charge in [0.05, 0.1) is 0 Å². The molecule has 0 aromatic heterocycles. The van der Waals surface area contributed by atoms with Crippen molar-refractivity contribution in [3.05, 3.63) is 0 Å². The third-order valence-corrected chi connectivity index (χ3v) is 0. The van der Waals surface area contributed by atoms with E-state index in [0.717, 1.165) is 0 Å². The first-order valence-corrected chi connectivity index (χ1v) is 2.10. The zero-order valence-corrected chi connectivity index (χ0v) is 4.78. The fourth-order valence-corrected chi connectivity index (χ4v) is 0. The molecule has 0 saturated carbocycles. The van der Waals surface area contributed by atoms with Crippen molar-refractivity contribution in [1.29, 1.82) is 0 Å². The summed E-state index contributed by atoms with van der Waals surface area (Å²) in [5, 5.41) is 0. The third kappa shape index (κ3) is 57.3. The van der Waals surface area contributed by atoms with Gasteiger partial charge in [-0.25, -0.2) is 0 Å². The summed E-state index contributed by atoms with van der Waals surface area (Å²) < 4.78 is 31.6. The normalized spacial score (nSPS) is 8.29. The first-order valence-electron chi connectivity index (χ1n) is 0.698. The number of rotatable bonds is 0. The van der Waals surface area contributed by atoms with E-state index >= 15 is 0 Å². The molecule has 7 heteroatoms. The Morgan fingerprint density at radius 3 is 1.14 bits per heavy atom. The molecule has 4 nitrogen and oxygen atoms in total. The maximum absolute atomic E-state index is 8.74. The van der Waals surface area contributed by atoms with Gasteiger partial charge in [-0.1, -0.05) is 0 Å². The van der Waals surface area contributed by atoms with Crippen LogP contribution in [0.5, 0.6) is 0 Å². The van der Waals surface area contributed by atoms with Crippen LogP contribution in [-0.4, -0.2) is 86.4 Å². The molecule has 0 fully saturated rings. The maximum Gasteiger partial charge on any atom is 0 e. The van der Waals surface area contributed by atoms with Crippen molar-refractivity contribution in [2.24, 2.45) is 0 Å². The van der Waals surface area contributed by atoms with Gasteiger partial charge >= 0.3 is 79.3 Å². The van der Waals surface area contributed by atoms with Crippen molar-refractivity contribution < 1.29 is 36.1 Å². The van der Waals surface area contributed by atoms with Crippen molar-refractivity contribution in [1.82, 2.24) is 0 Å². The van der Waals surface area contributed by atoms with Gasteiger partial charge in [0.1, 0.15) is 0 Å². The van der Waals surface area contributed by atoms with Gasteiger partial charge in [-0.3, -0.25) is 9.11 Å². The third-order valence-electron chi connectivity index (χ3n) is 0. The molecule has 0 rings (SSSR count). The summed E-state index contributed by atoms with van der Waals surface area (Å²) in [7, 11) is -4.67. The molecular weight excluding hydrogens is 280 g/mol. The van der Waals surface area contributed by atoms with Crippen molar-refractivity contribution in [2.75, 3.05) is 0 Å². The van der Waals surface area contributed by atoms with E-state index in [1.165, 1.54) is 0 Å². The Morgan fingerprint density at radius 2 is 1.14 bits per heavy atom. The van der Waals surface area contributed by atoms with Crippen molar-refractivity contribution in [2.45, 2.75) is 0 Å². The minimum atomic E-state index is -4.67. The van der Waals surface area contributed by atoms with Crippen LogP contribution in [0, 0.1) is 0 Å². The smallest absolute Gasteiger partial charge is 0 e. The van der Waals surface area contributed by atoms with E-state index in [1.54, 1.807) is 0 Å². The molecule has 0 spiro atoms. The van der Waals surface area contributed by atoms with Crippen LogP contribution in [-0.2, 0) is 29.0 Å². The Bertz CT molecular complexity index is 94.9. The SMILES string of the molecule is O=S(=O)(O)O.[CsH].[V]. The van der Waals surface area contributed by atoms with Gasteiger partial charge in [-0.15, -0.1) is 0 Å². The monoisotopic (exact) mass is 283 g/mol. The average Bonchev–Trinajstić information content (AvgIpc) is 0.722. The summed E-state index contributed by atoms with van der Waals surface area (Å²) in [6, 6.07) is 0. The van der Waals surface area contributed by atoms with Crippen LogP contribution < -0.4 is 0 Å². The molecule has 0 aliphatic carbocycles. The van der Waals surface area contributed by atoms with E-state index in [4.69, 9.17) is 17.5 Å². The molecule has 0 aliphatic rings. The van der Waals surface area contributed by atoms with Crippen LogP contribution in [0.4, 0.5) is 0 Å². The van der Waals surface area contributed by atoms with E-state index < -0.39 is 10.4 Å². The zero-order valence-electron chi connectivity index (χ0n) is 2.57. The second-order valence-corrected chi connectivity index (χ2v) is 1.34. The molecule has 1 radical (unpaired) electrons. The van der Waals surface area contributed by atoms with Crippen LogP contribution in [0.1, 0.15) is 0 Å². The van der Waals surface area contributed by atoms with E-state index in [-0.39, 0.29) is 87.4 Å². The van der Waals surface area contributed by atoms with Gasteiger partial charge in [0.2, 0.25) is 0 Å². The van der Waals surface area contributed by atoms with Gasteiger partial charge in [0, 0.05) is 18.6 Å². The second-order valence-electron chi connectivity index (χ2n) is 0.448. The summed E-state index contributed by atoms with van der Waals surface area (Å²) >= 11 is 0. The summed E-state index contributed by atoms with van der Waals surface area (Å²) in [6.07, 6.45) is 0. The van der Waals surface area contributed by atoms with Gasteiger partial charge in [0.25, 0.3) is 0 Å². The van der Waals surface area contributed by atoms with Crippen molar-refractivity contribution >= 4 is 79.3 Å².